The molecule has 2 bridgehead atoms. The Hall–Kier alpha value is -4.95. The average molecular weight is 1100 g/mol. The number of cyclic esters (lactones) is 1. The van der Waals surface area contributed by atoms with Crippen molar-refractivity contribution in [3.63, 3.8) is 0 Å². The summed E-state index contributed by atoms with van der Waals surface area (Å²) < 4.78 is 25.2. The van der Waals surface area contributed by atoms with Crippen LogP contribution in [0.5, 0.6) is 5.75 Å². The molecule has 18 heteroatoms. The van der Waals surface area contributed by atoms with E-state index in [1.807, 2.05) is 58.9 Å². The Morgan fingerprint density at radius 1 is 0.975 bits per heavy atom. The highest BCUT2D eigenvalue weighted by Crippen LogP contribution is 2.46. The van der Waals surface area contributed by atoms with E-state index in [1.165, 1.54) is 24.3 Å². The van der Waals surface area contributed by atoms with Gasteiger partial charge in [-0.2, -0.15) is 0 Å². The number of esters is 1. The van der Waals surface area contributed by atoms with Gasteiger partial charge in [0.2, 0.25) is 17.7 Å². The number of carbonyl (C=O) groups is 5. The van der Waals surface area contributed by atoms with Crippen molar-refractivity contribution in [1.82, 2.24) is 26.4 Å². The van der Waals surface area contributed by atoms with Crippen LogP contribution in [0.15, 0.2) is 72.4 Å². The Bertz CT molecular complexity index is 2380. The molecule has 4 fully saturated rings. The molecular formula is C61H93N5O13. The van der Waals surface area contributed by atoms with Crippen LogP contribution in [0, 0.1) is 47.3 Å². The number of aliphatic hydroxyl groups excluding tert-OH is 3. The topological polar surface area (TPSA) is 255 Å². The number of carbonyl (C=O) groups excluding carboxylic acids is 5. The molecule has 1 spiro atoms. The van der Waals surface area contributed by atoms with Crippen molar-refractivity contribution in [3.05, 3.63) is 77.9 Å². The fourth-order valence-corrected chi connectivity index (χ4v) is 12.1. The van der Waals surface area contributed by atoms with Crippen molar-refractivity contribution in [1.29, 1.82) is 0 Å². The van der Waals surface area contributed by atoms with Crippen LogP contribution in [0.4, 0.5) is 0 Å². The molecule has 4 amide bonds. The van der Waals surface area contributed by atoms with Crippen LogP contribution in [0.2, 0.25) is 0 Å². The van der Waals surface area contributed by atoms with Gasteiger partial charge in [-0.1, -0.05) is 110 Å². The molecule has 0 radical (unpaired) electrons. The van der Waals surface area contributed by atoms with Gasteiger partial charge in [-0.05, 0) is 93.9 Å². The average Bonchev–Trinajstić information content (AvgIpc) is 3.55. The second-order valence-corrected chi connectivity index (χ2v) is 23.9. The van der Waals surface area contributed by atoms with Crippen molar-refractivity contribution < 1.29 is 63.3 Å². The summed E-state index contributed by atoms with van der Waals surface area (Å²) in [6.45, 7) is 19.2. The monoisotopic (exact) mass is 1100 g/mol. The van der Waals surface area contributed by atoms with E-state index in [0.717, 1.165) is 12.0 Å². The van der Waals surface area contributed by atoms with Crippen molar-refractivity contribution >= 4 is 29.6 Å². The first-order chi connectivity index (χ1) is 37.4. The minimum Gasteiger partial charge on any atom is -0.508 e. The molecule has 1 aromatic carbocycles. The summed E-state index contributed by atoms with van der Waals surface area (Å²) in [6, 6.07) is 3.25. The molecular weight excluding hydrogens is 1010 g/mol. The molecule has 1 aromatic rings. The number of hydrazine groups is 1. The van der Waals surface area contributed by atoms with E-state index in [9.17, 15) is 44.4 Å². The summed E-state index contributed by atoms with van der Waals surface area (Å²) in [5.74, 6) is -5.81. The highest BCUT2D eigenvalue weighted by atomic mass is 16.7. The summed E-state index contributed by atoms with van der Waals surface area (Å²) in [6.07, 6.45) is 13.0. The lowest BCUT2D eigenvalue weighted by atomic mass is 9.69. The first-order valence-electron chi connectivity index (χ1n) is 29.0. The third kappa shape index (κ3) is 15.7. The summed E-state index contributed by atoms with van der Waals surface area (Å²) in [7, 11) is 1.53. The predicted octanol–water partition coefficient (Wildman–Crippen LogP) is 6.22. The highest BCUT2D eigenvalue weighted by Gasteiger charge is 2.57. The number of nitrogens with one attached hydrogen (secondary N) is 4. The lowest BCUT2D eigenvalue weighted by Crippen LogP contribution is -2.71. The van der Waals surface area contributed by atoms with Gasteiger partial charge in [-0.15, -0.1) is 0 Å². The molecule has 18 atom stereocenters. The molecule has 0 aliphatic carbocycles. The number of aliphatic hydroxyl groups is 3. The Balaban J connectivity index is 1.20. The Morgan fingerprint density at radius 2 is 1.72 bits per heavy atom. The number of piperidine rings is 1. The molecule has 0 aromatic heterocycles. The van der Waals surface area contributed by atoms with Gasteiger partial charge in [-0.25, -0.2) is 5.43 Å². The normalized spacial score (nSPS) is 36.6. The summed E-state index contributed by atoms with van der Waals surface area (Å²) in [5.41, 5.74) is 3.39. The molecule has 6 rings (SSSR count). The number of hydrogen-bond acceptors (Lipinski definition) is 14. The van der Waals surface area contributed by atoms with Gasteiger partial charge in [0.1, 0.15) is 35.7 Å². The lowest BCUT2D eigenvalue weighted by Gasteiger charge is -2.56. The number of phenols is 1. The number of nitrogens with zero attached hydrogens (tertiary/aromatic N) is 1. The van der Waals surface area contributed by atoms with Crippen LogP contribution in [-0.2, 0) is 49.3 Å². The van der Waals surface area contributed by atoms with Crippen LogP contribution >= 0.6 is 0 Å². The third-order valence-corrected chi connectivity index (χ3v) is 17.8. The van der Waals surface area contributed by atoms with E-state index >= 15 is 0 Å². The Morgan fingerprint density at radius 3 is 2.42 bits per heavy atom. The molecule has 5 aliphatic rings. The van der Waals surface area contributed by atoms with Gasteiger partial charge in [0.25, 0.3) is 5.91 Å². The van der Waals surface area contributed by atoms with E-state index in [4.69, 9.17) is 18.9 Å². The van der Waals surface area contributed by atoms with Crippen LogP contribution in [0.1, 0.15) is 139 Å². The largest absolute Gasteiger partial charge is 0.508 e. The Labute approximate surface area is 468 Å². The minimum absolute atomic E-state index is 0.00586. The zero-order chi connectivity index (χ0) is 57.9. The van der Waals surface area contributed by atoms with Gasteiger partial charge in [0, 0.05) is 68.9 Å². The predicted molar refractivity (Wildman–Crippen MR) is 299 cm³/mol. The van der Waals surface area contributed by atoms with Crippen molar-refractivity contribution in [2.45, 2.75) is 206 Å². The number of allylic oxidation sites excluding steroid dienone is 5. The number of methoxy groups -OCH3 is 1. The molecule has 4 saturated heterocycles. The lowest BCUT2D eigenvalue weighted by molar-refractivity contribution is -0.280. The summed E-state index contributed by atoms with van der Waals surface area (Å²) in [5, 5.41) is 55.2. The molecule has 79 heavy (non-hydrogen) atoms. The van der Waals surface area contributed by atoms with Crippen LogP contribution in [0.25, 0.3) is 0 Å². The standard InChI is InChI=1S/C61H93N5O13/c1-12-43-31-38(6)61(64-55(43)71)41(9)53(70)40(8)51(78-61)34-49(69)36(4)21-15-13-16-22-37(5)50-27-18-14-17-26-48(68)39(7)54-45(28-29-60(10,76-11)79-54)56(72)63-52(35(2)3)57(73)62-47(33-42-23-19-24-44(67)32-42)58(74)66-30-20-25-46(65-66)59(75)77-50/h13-14,16-19,22-24,26,32,35-36,38-41,43,45-54,65,67-70H,12,15,20-21,25,27-31,33-34H2,1-11H3,(H,62,73)(H,63,72)(H,64,71)/t36-,38-,39-,40-,41-,43-,45+,46-,47-,48+,49-,50-,51-,52-,53-,54+,60-,61+/m0/s1. The van der Waals surface area contributed by atoms with Crippen molar-refractivity contribution in [3.8, 4) is 5.75 Å². The molecule has 5 aliphatic heterocycles. The van der Waals surface area contributed by atoms with E-state index in [0.29, 0.717) is 56.9 Å². The number of hydrogen-bond donors (Lipinski definition) is 8. The summed E-state index contributed by atoms with van der Waals surface area (Å²) >= 11 is 0. The van der Waals surface area contributed by atoms with Crippen LogP contribution < -0.4 is 21.4 Å². The SMILES string of the molecule is CC[C@H]1C[C@H](C)[C@@]2(NC1=O)O[C@@H](C[C@H](O)[C@@H](C)CCC=CC=C(C)[C@@H]1CC=CC=C[C@@H](O)[C@H](C)[C@H]3O[C@](C)(OC)CC[C@H]3C(=O)N[C@@H](C(C)C)C(=O)N[C@@H](Cc3cccc(O)c3)C(=O)N3CCC[C@H](N3)C(=O)O1)[C@H](C)[C@H](O)[C@@H]2C. The maximum atomic E-state index is 14.6. The second-order valence-electron chi connectivity index (χ2n) is 23.9. The molecule has 18 nitrogen and oxygen atoms in total. The number of rotatable bonds is 13. The van der Waals surface area contributed by atoms with Gasteiger partial charge in [0.15, 0.2) is 5.79 Å². The highest BCUT2D eigenvalue weighted by molar-refractivity contribution is 5.93. The fraction of sp³-hybridized carbons (Fsp3) is 0.689. The number of amides is 4. The zero-order valence-electron chi connectivity index (χ0n) is 48.6. The number of fused-ring (bicyclic) bond motifs is 3. The smallest absolute Gasteiger partial charge is 0.325 e. The van der Waals surface area contributed by atoms with Gasteiger partial charge in [-0.3, -0.25) is 29.0 Å². The second kappa shape index (κ2) is 28.2. The molecule has 5 heterocycles. The van der Waals surface area contributed by atoms with Crippen molar-refractivity contribution in [2.75, 3.05) is 13.7 Å². The third-order valence-electron chi connectivity index (χ3n) is 17.8. The number of phenolic OH excluding ortho intramolecular Hbond substituents is 1. The fourth-order valence-electron chi connectivity index (χ4n) is 12.1. The summed E-state index contributed by atoms with van der Waals surface area (Å²) in [4.78, 5) is 70.6. The number of ether oxygens (including phenoxy) is 4. The maximum absolute atomic E-state index is 14.6. The molecule has 0 saturated carbocycles. The van der Waals surface area contributed by atoms with E-state index in [1.54, 1.807) is 58.1 Å². The molecule has 440 valence electrons. The minimum atomic E-state index is -1.17. The van der Waals surface area contributed by atoms with Crippen LogP contribution in [0.3, 0.4) is 0 Å². The Kier molecular flexibility index (Phi) is 22.5. The molecule has 8 N–H and O–H groups in total. The number of aromatic hydroxyl groups is 1. The molecule has 0 unspecified atom stereocenters. The van der Waals surface area contributed by atoms with E-state index < -0.39 is 108 Å². The van der Waals surface area contributed by atoms with Crippen molar-refractivity contribution in [2.24, 2.45) is 47.3 Å². The van der Waals surface area contributed by atoms with Crippen LogP contribution in [-0.4, -0.2) is 135 Å². The van der Waals surface area contributed by atoms with Gasteiger partial charge in [0.05, 0.1) is 36.4 Å². The zero-order valence-corrected chi connectivity index (χ0v) is 48.6. The van der Waals surface area contributed by atoms with Gasteiger partial charge >= 0.3 is 5.97 Å². The maximum Gasteiger partial charge on any atom is 0.325 e. The quantitative estimate of drug-likeness (QED) is 0.0807. The number of benzene rings is 1. The first kappa shape index (κ1) is 63.2. The van der Waals surface area contributed by atoms with Gasteiger partial charge < -0.3 is 55.3 Å². The van der Waals surface area contributed by atoms with E-state index in [2.05, 4.69) is 28.3 Å². The van der Waals surface area contributed by atoms with E-state index in [-0.39, 0.29) is 60.6 Å². The first-order valence-corrected chi connectivity index (χ1v) is 29.0.